The molecule has 0 heterocycles. The standard InChI is InChI=1S/C21H24N2O3/c1-13(2)22-20(24)16-9-4-5-10-19(16)23-21(25)18-12-17(18)14-7-6-8-15(11-14)26-3/h4-11,13,17-18H,12H2,1-3H3,(H,22,24)(H,23,25). The third kappa shape index (κ3) is 4.04. The van der Waals surface area contributed by atoms with Crippen LogP contribution in [-0.4, -0.2) is 25.0 Å². The van der Waals surface area contributed by atoms with E-state index < -0.39 is 0 Å². The number of anilines is 1. The maximum atomic E-state index is 12.6. The summed E-state index contributed by atoms with van der Waals surface area (Å²) in [6, 6.07) is 14.9. The number of nitrogens with one attached hydrogen (secondary N) is 2. The van der Waals surface area contributed by atoms with E-state index >= 15 is 0 Å². The van der Waals surface area contributed by atoms with Crippen molar-refractivity contribution in [3.05, 3.63) is 59.7 Å². The Hall–Kier alpha value is -2.82. The zero-order valence-electron chi connectivity index (χ0n) is 15.3. The Kier molecular flexibility index (Phi) is 5.26. The average Bonchev–Trinajstić information content (AvgIpc) is 3.42. The molecule has 136 valence electrons. The topological polar surface area (TPSA) is 67.4 Å². The van der Waals surface area contributed by atoms with Crippen LogP contribution in [0.25, 0.3) is 0 Å². The fourth-order valence-corrected chi connectivity index (χ4v) is 3.08. The van der Waals surface area contributed by atoms with Crippen LogP contribution in [0, 0.1) is 5.92 Å². The minimum Gasteiger partial charge on any atom is -0.497 e. The van der Waals surface area contributed by atoms with E-state index in [1.807, 2.05) is 44.2 Å². The minimum atomic E-state index is -0.184. The lowest BCUT2D eigenvalue weighted by Crippen LogP contribution is -2.31. The van der Waals surface area contributed by atoms with Crippen molar-refractivity contribution in [1.82, 2.24) is 5.32 Å². The largest absolute Gasteiger partial charge is 0.497 e. The molecule has 1 aliphatic carbocycles. The highest BCUT2D eigenvalue weighted by molar-refractivity contribution is 6.04. The monoisotopic (exact) mass is 352 g/mol. The molecule has 3 rings (SSSR count). The molecule has 2 aromatic carbocycles. The normalized spacial score (nSPS) is 18.3. The maximum absolute atomic E-state index is 12.6. The number of methoxy groups -OCH3 is 1. The lowest BCUT2D eigenvalue weighted by molar-refractivity contribution is -0.117. The first-order chi connectivity index (χ1) is 12.5. The number of hydrogen-bond acceptors (Lipinski definition) is 3. The smallest absolute Gasteiger partial charge is 0.253 e. The highest BCUT2D eigenvalue weighted by atomic mass is 16.5. The summed E-state index contributed by atoms with van der Waals surface area (Å²) in [5, 5.41) is 5.78. The lowest BCUT2D eigenvalue weighted by atomic mass is 10.1. The molecule has 0 aliphatic heterocycles. The summed E-state index contributed by atoms with van der Waals surface area (Å²) < 4.78 is 5.25. The van der Waals surface area contributed by atoms with Gasteiger partial charge in [-0.2, -0.15) is 0 Å². The van der Waals surface area contributed by atoms with Gasteiger partial charge in [-0.1, -0.05) is 24.3 Å². The second kappa shape index (κ2) is 7.60. The molecule has 0 bridgehead atoms. The van der Waals surface area contributed by atoms with E-state index in [0.29, 0.717) is 11.3 Å². The number of carbonyl (C=O) groups is 2. The van der Waals surface area contributed by atoms with Gasteiger partial charge in [0.05, 0.1) is 18.4 Å². The Labute approximate surface area is 153 Å². The van der Waals surface area contributed by atoms with Crippen LogP contribution in [0.5, 0.6) is 5.75 Å². The maximum Gasteiger partial charge on any atom is 0.253 e. The van der Waals surface area contributed by atoms with Crippen LogP contribution in [0.1, 0.15) is 42.1 Å². The predicted octanol–water partition coefficient (Wildman–Crippen LogP) is 3.58. The Balaban J connectivity index is 1.69. The molecule has 0 saturated heterocycles. The molecule has 2 amide bonds. The highest BCUT2D eigenvalue weighted by Gasteiger charge is 2.44. The van der Waals surface area contributed by atoms with Crippen molar-refractivity contribution in [1.29, 1.82) is 0 Å². The van der Waals surface area contributed by atoms with Gasteiger partial charge in [-0.3, -0.25) is 9.59 Å². The molecule has 1 aliphatic rings. The van der Waals surface area contributed by atoms with Crippen LogP contribution < -0.4 is 15.4 Å². The van der Waals surface area contributed by atoms with Crippen molar-refractivity contribution in [2.24, 2.45) is 5.92 Å². The molecule has 0 spiro atoms. The van der Waals surface area contributed by atoms with E-state index in [9.17, 15) is 9.59 Å². The summed E-state index contributed by atoms with van der Waals surface area (Å²) in [4.78, 5) is 25.0. The lowest BCUT2D eigenvalue weighted by Gasteiger charge is -2.13. The molecule has 0 aromatic heterocycles. The molecule has 5 nitrogen and oxygen atoms in total. The Morgan fingerprint density at radius 2 is 1.88 bits per heavy atom. The van der Waals surface area contributed by atoms with Crippen molar-refractivity contribution >= 4 is 17.5 Å². The molecule has 0 radical (unpaired) electrons. The molecule has 2 atom stereocenters. The molecular formula is C21H24N2O3. The molecule has 2 aromatic rings. The number of hydrogen-bond donors (Lipinski definition) is 2. The van der Waals surface area contributed by atoms with Crippen molar-refractivity contribution in [3.63, 3.8) is 0 Å². The van der Waals surface area contributed by atoms with Gasteiger partial charge >= 0.3 is 0 Å². The molecule has 1 fully saturated rings. The van der Waals surface area contributed by atoms with Gasteiger partial charge in [0.2, 0.25) is 5.91 Å². The second-order valence-corrected chi connectivity index (χ2v) is 6.89. The van der Waals surface area contributed by atoms with Gasteiger partial charge in [-0.05, 0) is 56.0 Å². The number of para-hydroxylation sites is 1. The molecule has 1 saturated carbocycles. The average molecular weight is 352 g/mol. The van der Waals surface area contributed by atoms with E-state index in [1.165, 1.54) is 0 Å². The summed E-state index contributed by atoms with van der Waals surface area (Å²) >= 11 is 0. The first-order valence-electron chi connectivity index (χ1n) is 8.84. The zero-order chi connectivity index (χ0) is 18.7. The van der Waals surface area contributed by atoms with Gasteiger partial charge in [0.25, 0.3) is 5.91 Å². The fraction of sp³-hybridized carbons (Fsp3) is 0.333. The van der Waals surface area contributed by atoms with E-state index in [2.05, 4.69) is 10.6 Å². The number of benzene rings is 2. The van der Waals surface area contributed by atoms with Crippen LogP contribution >= 0.6 is 0 Å². The SMILES string of the molecule is COc1cccc(C2CC2C(=O)Nc2ccccc2C(=O)NC(C)C)c1. The van der Waals surface area contributed by atoms with E-state index in [4.69, 9.17) is 4.74 Å². The first-order valence-corrected chi connectivity index (χ1v) is 8.84. The van der Waals surface area contributed by atoms with E-state index in [-0.39, 0.29) is 29.7 Å². The number of ether oxygens (including phenoxy) is 1. The Morgan fingerprint density at radius 1 is 1.12 bits per heavy atom. The fourth-order valence-electron chi connectivity index (χ4n) is 3.08. The number of rotatable bonds is 6. The van der Waals surface area contributed by atoms with Gasteiger partial charge < -0.3 is 15.4 Å². The molecule has 5 heteroatoms. The van der Waals surface area contributed by atoms with E-state index in [0.717, 1.165) is 17.7 Å². The van der Waals surface area contributed by atoms with Crippen molar-refractivity contribution in [2.45, 2.75) is 32.2 Å². The summed E-state index contributed by atoms with van der Waals surface area (Å²) in [5.74, 6) is 0.674. The van der Waals surface area contributed by atoms with Crippen LogP contribution in [0.2, 0.25) is 0 Å². The first kappa shape index (κ1) is 18.0. The van der Waals surface area contributed by atoms with Crippen molar-refractivity contribution in [3.8, 4) is 5.75 Å². The summed E-state index contributed by atoms with van der Waals surface area (Å²) in [5.41, 5.74) is 2.13. The zero-order valence-corrected chi connectivity index (χ0v) is 15.3. The van der Waals surface area contributed by atoms with Crippen LogP contribution in [0.3, 0.4) is 0 Å². The summed E-state index contributed by atoms with van der Waals surface area (Å²) in [6.45, 7) is 3.81. The van der Waals surface area contributed by atoms with Gasteiger partial charge in [0.15, 0.2) is 0 Å². The predicted molar refractivity (Wildman–Crippen MR) is 102 cm³/mol. The molecule has 2 N–H and O–H groups in total. The quantitative estimate of drug-likeness (QED) is 0.835. The van der Waals surface area contributed by atoms with Crippen molar-refractivity contribution < 1.29 is 14.3 Å². The molecule has 2 unspecified atom stereocenters. The minimum absolute atomic E-state index is 0.0344. The Morgan fingerprint density at radius 3 is 2.62 bits per heavy atom. The van der Waals surface area contributed by atoms with Gasteiger partial charge in [-0.25, -0.2) is 0 Å². The third-order valence-electron chi connectivity index (χ3n) is 4.50. The van der Waals surface area contributed by atoms with Gasteiger partial charge in [-0.15, -0.1) is 0 Å². The number of carbonyl (C=O) groups excluding carboxylic acids is 2. The van der Waals surface area contributed by atoms with Crippen LogP contribution in [0.15, 0.2) is 48.5 Å². The summed E-state index contributed by atoms with van der Waals surface area (Å²) in [7, 11) is 1.63. The van der Waals surface area contributed by atoms with Gasteiger partial charge in [0, 0.05) is 12.0 Å². The summed E-state index contributed by atoms with van der Waals surface area (Å²) in [6.07, 6.45) is 0.805. The van der Waals surface area contributed by atoms with Crippen molar-refractivity contribution in [2.75, 3.05) is 12.4 Å². The number of amides is 2. The van der Waals surface area contributed by atoms with Crippen LogP contribution in [-0.2, 0) is 4.79 Å². The highest BCUT2D eigenvalue weighted by Crippen LogP contribution is 2.48. The van der Waals surface area contributed by atoms with Crippen LogP contribution in [0.4, 0.5) is 5.69 Å². The molecule has 26 heavy (non-hydrogen) atoms. The Bertz CT molecular complexity index is 816. The van der Waals surface area contributed by atoms with E-state index in [1.54, 1.807) is 25.3 Å². The third-order valence-corrected chi connectivity index (χ3v) is 4.50. The molecular weight excluding hydrogens is 328 g/mol. The van der Waals surface area contributed by atoms with Gasteiger partial charge in [0.1, 0.15) is 5.75 Å². The second-order valence-electron chi connectivity index (χ2n) is 6.89.